The summed E-state index contributed by atoms with van der Waals surface area (Å²) in [7, 11) is 1.58. The van der Waals surface area contributed by atoms with Crippen molar-refractivity contribution in [1.82, 2.24) is 9.97 Å². The largest absolute Gasteiger partial charge is 0.497 e. The SMILES string of the molecule is COc1ccc(C(=O)Nc2ccc3ccc(Oc4ccccc4C)nc3n2)cc1. The van der Waals surface area contributed by atoms with E-state index in [1.165, 1.54) is 0 Å². The van der Waals surface area contributed by atoms with Crippen molar-refractivity contribution >= 4 is 22.8 Å². The summed E-state index contributed by atoms with van der Waals surface area (Å²) < 4.78 is 11.0. The number of amides is 1. The zero-order valence-electron chi connectivity index (χ0n) is 16.0. The van der Waals surface area contributed by atoms with Crippen molar-refractivity contribution in [3.05, 3.63) is 83.9 Å². The highest BCUT2D eigenvalue weighted by Gasteiger charge is 2.09. The number of hydrogen-bond donors (Lipinski definition) is 1. The molecule has 2 aromatic heterocycles. The molecule has 144 valence electrons. The standard InChI is InChI=1S/C23H19N3O3/c1-15-5-3-4-6-19(15)29-21-14-10-16-9-13-20(24-22(16)26-21)25-23(27)17-7-11-18(28-2)12-8-17/h3-14H,1-2H3,(H,24,25,26,27). The number of carbonyl (C=O) groups excluding carboxylic acids is 1. The minimum absolute atomic E-state index is 0.258. The molecule has 0 radical (unpaired) electrons. The van der Waals surface area contributed by atoms with Crippen LogP contribution in [0.2, 0.25) is 0 Å². The average molecular weight is 385 g/mol. The number of carbonyl (C=O) groups is 1. The summed E-state index contributed by atoms with van der Waals surface area (Å²) in [5, 5.41) is 3.65. The predicted octanol–water partition coefficient (Wildman–Crippen LogP) is 4.99. The second kappa shape index (κ2) is 7.98. The van der Waals surface area contributed by atoms with E-state index in [-0.39, 0.29) is 5.91 Å². The number of nitrogens with one attached hydrogen (secondary N) is 1. The van der Waals surface area contributed by atoms with Gasteiger partial charge in [-0.2, -0.15) is 4.98 Å². The molecule has 0 unspecified atom stereocenters. The van der Waals surface area contributed by atoms with Crippen molar-refractivity contribution in [2.45, 2.75) is 6.92 Å². The van der Waals surface area contributed by atoms with Crippen molar-refractivity contribution < 1.29 is 14.3 Å². The first-order valence-corrected chi connectivity index (χ1v) is 9.09. The summed E-state index contributed by atoms with van der Waals surface area (Å²) in [5.74, 6) is 2.03. The highest BCUT2D eigenvalue weighted by atomic mass is 16.5. The molecule has 2 heterocycles. The van der Waals surface area contributed by atoms with Gasteiger partial charge in [0.25, 0.3) is 5.91 Å². The lowest BCUT2D eigenvalue weighted by Gasteiger charge is -2.09. The fourth-order valence-corrected chi connectivity index (χ4v) is 2.82. The van der Waals surface area contributed by atoms with E-state index in [0.29, 0.717) is 28.7 Å². The fourth-order valence-electron chi connectivity index (χ4n) is 2.82. The van der Waals surface area contributed by atoms with Crippen LogP contribution in [0.15, 0.2) is 72.8 Å². The number of benzene rings is 2. The Morgan fingerprint density at radius 2 is 1.66 bits per heavy atom. The molecule has 2 aromatic carbocycles. The Kier molecular flexibility index (Phi) is 5.07. The zero-order valence-corrected chi connectivity index (χ0v) is 16.0. The Hall–Kier alpha value is -3.93. The molecular weight excluding hydrogens is 366 g/mol. The number of aryl methyl sites for hydroxylation is 1. The van der Waals surface area contributed by atoms with Gasteiger partial charge in [-0.25, -0.2) is 4.98 Å². The van der Waals surface area contributed by atoms with Crippen molar-refractivity contribution in [1.29, 1.82) is 0 Å². The molecule has 6 nitrogen and oxygen atoms in total. The molecule has 0 bridgehead atoms. The second-order valence-electron chi connectivity index (χ2n) is 6.44. The van der Waals surface area contributed by atoms with Crippen LogP contribution < -0.4 is 14.8 Å². The Labute approximate surface area is 168 Å². The van der Waals surface area contributed by atoms with Gasteiger partial charge in [0.1, 0.15) is 17.3 Å². The molecule has 1 amide bonds. The van der Waals surface area contributed by atoms with Gasteiger partial charge in [0, 0.05) is 17.0 Å². The maximum atomic E-state index is 12.5. The molecule has 0 aliphatic heterocycles. The number of hydrogen-bond acceptors (Lipinski definition) is 5. The summed E-state index contributed by atoms with van der Waals surface area (Å²) >= 11 is 0. The van der Waals surface area contributed by atoms with Crippen molar-refractivity contribution in [2.24, 2.45) is 0 Å². The van der Waals surface area contributed by atoms with Gasteiger partial charge in [0.15, 0.2) is 5.65 Å². The third kappa shape index (κ3) is 4.16. The summed E-state index contributed by atoms with van der Waals surface area (Å²) in [6, 6.07) is 21.9. The van der Waals surface area contributed by atoms with E-state index < -0.39 is 0 Å². The van der Waals surface area contributed by atoms with E-state index in [9.17, 15) is 4.79 Å². The first kappa shape index (κ1) is 18.4. The molecular formula is C23H19N3O3. The van der Waals surface area contributed by atoms with Crippen LogP contribution in [-0.2, 0) is 0 Å². The number of rotatable bonds is 5. The quantitative estimate of drug-likeness (QED) is 0.524. The van der Waals surface area contributed by atoms with E-state index in [4.69, 9.17) is 9.47 Å². The van der Waals surface area contributed by atoms with Crippen molar-refractivity contribution in [2.75, 3.05) is 12.4 Å². The van der Waals surface area contributed by atoms with Crippen LogP contribution in [0.1, 0.15) is 15.9 Å². The topological polar surface area (TPSA) is 73.3 Å². The number of fused-ring (bicyclic) bond motifs is 1. The third-order valence-corrected chi connectivity index (χ3v) is 4.43. The van der Waals surface area contributed by atoms with Gasteiger partial charge >= 0.3 is 0 Å². The van der Waals surface area contributed by atoms with E-state index >= 15 is 0 Å². The summed E-state index contributed by atoms with van der Waals surface area (Å²) in [6.45, 7) is 1.97. The molecule has 1 N–H and O–H groups in total. The van der Waals surface area contributed by atoms with E-state index in [1.54, 1.807) is 43.5 Å². The molecule has 0 fully saturated rings. The number of pyridine rings is 2. The molecule has 29 heavy (non-hydrogen) atoms. The monoisotopic (exact) mass is 385 g/mol. The van der Waals surface area contributed by atoms with Gasteiger partial charge in [-0.1, -0.05) is 18.2 Å². The number of ether oxygens (including phenoxy) is 2. The van der Waals surface area contributed by atoms with Crippen LogP contribution in [0, 0.1) is 6.92 Å². The van der Waals surface area contributed by atoms with Crippen molar-refractivity contribution in [3.63, 3.8) is 0 Å². The minimum atomic E-state index is -0.258. The Balaban J connectivity index is 1.56. The maximum Gasteiger partial charge on any atom is 0.256 e. The summed E-state index contributed by atoms with van der Waals surface area (Å²) in [5.41, 5.74) is 2.02. The lowest BCUT2D eigenvalue weighted by Crippen LogP contribution is -2.12. The van der Waals surface area contributed by atoms with E-state index in [1.807, 2.05) is 43.3 Å². The average Bonchev–Trinajstić information content (AvgIpc) is 2.75. The molecule has 4 aromatic rings. The highest BCUT2D eigenvalue weighted by molar-refractivity contribution is 6.04. The van der Waals surface area contributed by atoms with Crippen LogP contribution in [-0.4, -0.2) is 23.0 Å². The molecule has 0 saturated carbocycles. The van der Waals surface area contributed by atoms with E-state index in [2.05, 4.69) is 15.3 Å². The van der Waals surface area contributed by atoms with Crippen LogP contribution >= 0.6 is 0 Å². The van der Waals surface area contributed by atoms with Gasteiger partial charge in [0.2, 0.25) is 5.88 Å². The number of anilines is 1. The third-order valence-electron chi connectivity index (χ3n) is 4.43. The molecule has 0 saturated heterocycles. The smallest absolute Gasteiger partial charge is 0.256 e. The van der Waals surface area contributed by atoms with Gasteiger partial charge < -0.3 is 14.8 Å². The molecule has 0 spiro atoms. The van der Waals surface area contributed by atoms with Gasteiger partial charge in [-0.05, 0) is 61.0 Å². The minimum Gasteiger partial charge on any atom is -0.497 e. The van der Waals surface area contributed by atoms with Crippen LogP contribution in [0.3, 0.4) is 0 Å². The Morgan fingerprint density at radius 1 is 0.897 bits per heavy atom. The first-order chi connectivity index (χ1) is 14.1. The normalized spacial score (nSPS) is 10.6. The predicted molar refractivity (Wildman–Crippen MR) is 112 cm³/mol. The van der Waals surface area contributed by atoms with Gasteiger partial charge in [-0.15, -0.1) is 0 Å². The number of para-hydroxylation sites is 1. The van der Waals surface area contributed by atoms with Crippen LogP contribution in [0.4, 0.5) is 5.82 Å². The molecule has 6 heteroatoms. The van der Waals surface area contributed by atoms with E-state index in [0.717, 1.165) is 16.7 Å². The van der Waals surface area contributed by atoms with Crippen molar-refractivity contribution in [3.8, 4) is 17.4 Å². The molecule has 4 rings (SSSR count). The van der Waals surface area contributed by atoms with Crippen LogP contribution in [0.25, 0.3) is 11.0 Å². The van der Waals surface area contributed by atoms with Crippen LogP contribution in [0.5, 0.6) is 17.4 Å². The lowest BCUT2D eigenvalue weighted by atomic mass is 10.2. The highest BCUT2D eigenvalue weighted by Crippen LogP contribution is 2.25. The maximum absolute atomic E-state index is 12.5. The van der Waals surface area contributed by atoms with Gasteiger partial charge in [-0.3, -0.25) is 4.79 Å². The number of nitrogens with zero attached hydrogens (tertiary/aromatic N) is 2. The number of methoxy groups -OCH3 is 1. The number of aromatic nitrogens is 2. The fraction of sp³-hybridized carbons (Fsp3) is 0.0870. The summed E-state index contributed by atoms with van der Waals surface area (Å²) in [4.78, 5) is 21.4. The molecule has 0 atom stereocenters. The molecule has 0 aliphatic carbocycles. The first-order valence-electron chi connectivity index (χ1n) is 9.09. The summed E-state index contributed by atoms with van der Waals surface area (Å²) in [6.07, 6.45) is 0. The molecule has 0 aliphatic rings. The Bertz CT molecular complexity index is 1170. The lowest BCUT2D eigenvalue weighted by molar-refractivity contribution is 0.102. The second-order valence-corrected chi connectivity index (χ2v) is 6.44. The zero-order chi connectivity index (χ0) is 20.2. The van der Waals surface area contributed by atoms with Gasteiger partial charge in [0.05, 0.1) is 7.11 Å². The Morgan fingerprint density at radius 3 is 2.41 bits per heavy atom.